The lowest BCUT2D eigenvalue weighted by atomic mass is 10.1. The van der Waals surface area contributed by atoms with Gasteiger partial charge in [0.25, 0.3) is 5.91 Å². The smallest absolute Gasteiger partial charge is 0.251 e. The van der Waals surface area contributed by atoms with Gasteiger partial charge in [-0.1, -0.05) is 30.3 Å². The van der Waals surface area contributed by atoms with E-state index in [1.165, 1.54) is 39.1 Å². The molecule has 0 aliphatic heterocycles. The van der Waals surface area contributed by atoms with E-state index in [1.54, 1.807) is 23.5 Å². The molecule has 0 unspecified atom stereocenters. The van der Waals surface area contributed by atoms with Crippen molar-refractivity contribution in [3.05, 3.63) is 87.4 Å². The summed E-state index contributed by atoms with van der Waals surface area (Å²) in [5.41, 5.74) is 1.52. The summed E-state index contributed by atoms with van der Waals surface area (Å²) in [5, 5.41) is 8.11. The zero-order chi connectivity index (χ0) is 21.0. The first kappa shape index (κ1) is 20.7. The molecule has 4 aromatic rings. The van der Waals surface area contributed by atoms with Crippen molar-refractivity contribution in [3.8, 4) is 0 Å². The largest absolute Gasteiger partial charge is 0.352 e. The van der Waals surface area contributed by atoms with Crippen LogP contribution in [-0.4, -0.2) is 20.9 Å². The number of sulfonamides is 1. The van der Waals surface area contributed by atoms with E-state index >= 15 is 0 Å². The van der Waals surface area contributed by atoms with Crippen molar-refractivity contribution in [2.24, 2.45) is 0 Å². The summed E-state index contributed by atoms with van der Waals surface area (Å²) in [6.45, 7) is 0.707. The molecule has 4 rings (SSSR count). The van der Waals surface area contributed by atoms with Gasteiger partial charge in [0.05, 0.1) is 4.90 Å². The van der Waals surface area contributed by atoms with E-state index in [-0.39, 0.29) is 17.3 Å². The summed E-state index contributed by atoms with van der Waals surface area (Å²) < 4.78 is 28.9. The fraction of sp³-hybridized carbons (Fsp3) is 0.136. The van der Waals surface area contributed by atoms with E-state index in [2.05, 4.69) is 27.6 Å². The Balaban J connectivity index is 1.38. The van der Waals surface area contributed by atoms with Gasteiger partial charge in [0.15, 0.2) is 0 Å². The predicted molar refractivity (Wildman–Crippen MR) is 123 cm³/mol. The molecule has 0 spiro atoms. The summed E-state index contributed by atoms with van der Waals surface area (Å²) in [6, 6.07) is 18.0. The number of amides is 1. The monoisotopic (exact) mass is 456 g/mol. The lowest BCUT2D eigenvalue weighted by Crippen LogP contribution is -2.27. The van der Waals surface area contributed by atoms with Crippen LogP contribution >= 0.6 is 22.7 Å². The summed E-state index contributed by atoms with van der Waals surface area (Å²) in [4.78, 5) is 13.5. The first-order chi connectivity index (χ1) is 14.5. The number of hydrogen-bond acceptors (Lipinski definition) is 5. The van der Waals surface area contributed by atoms with Crippen molar-refractivity contribution in [1.29, 1.82) is 0 Å². The summed E-state index contributed by atoms with van der Waals surface area (Å²) in [6.07, 6.45) is 0.718. The highest BCUT2D eigenvalue weighted by Crippen LogP contribution is 2.25. The fourth-order valence-corrected chi connectivity index (χ4v) is 5.89. The third-order valence-corrected chi connectivity index (χ3v) is 7.95. The highest BCUT2D eigenvalue weighted by molar-refractivity contribution is 7.89. The number of fused-ring (bicyclic) bond motifs is 1. The molecule has 2 heterocycles. The molecule has 1 amide bonds. The van der Waals surface area contributed by atoms with E-state index in [0.717, 1.165) is 11.3 Å². The van der Waals surface area contributed by atoms with E-state index in [0.29, 0.717) is 12.1 Å². The lowest BCUT2D eigenvalue weighted by molar-refractivity contribution is 0.0954. The molecule has 0 aliphatic carbocycles. The molecule has 0 atom stereocenters. The third-order valence-electron chi connectivity index (χ3n) is 4.66. The molecule has 2 N–H and O–H groups in total. The first-order valence-corrected chi connectivity index (χ1v) is 12.6. The van der Waals surface area contributed by atoms with Crippen molar-refractivity contribution in [3.63, 3.8) is 0 Å². The number of hydrogen-bond donors (Lipinski definition) is 2. The van der Waals surface area contributed by atoms with Crippen molar-refractivity contribution in [2.45, 2.75) is 17.9 Å². The van der Waals surface area contributed by atoms with Crippen molar-refractivity contribution in [1.82, 2.24) is 10.0 Å². The molecule has 2 aromatic carbocycles. The average Bonchev–Trinajstić information content (AvgIpc) is 3.43. The van der Waals surface area contributed by atoms with Gasteiger partial charge >= 0.3 is 0 Å². The van der Waals surface area contributed by atoms with Gasteiger partial charge in [0.1, 0.15) is 0 Å². The Kier molecular flexibility index (Phi) is 6.29. The minimum atomic E-state index is -3.69. The molecule has 0 saturated carbocycles. The molecule has 0 aliphatic rings. The Bertz CT molecular complexity index is 1260. The molecule has 5 nitrogen and oxygen atoms in total. The maximum atomic E-state index is 12.6. The average molecular weight is 457 g/mol. The molecular weight excluding hydrogens is 436 g/mol. The lowest BCUT2D eigenvalue weighted by Gasteiger charge is -2.09. The van der Waals surface area contributed by atoms with Gasteiger partial charge in [-0.2, -0.15) is 0 Å². The maximum Gasteiger partial charge on any atom is 0.251 e. The highest BCUT2D eigenvalue weighted by atomic mass is 32.2. The van der Waals surface area contributed by atoms with Crippen molar-refractivity contribution in [2.75, 3.05) is 6.54 Å². The molecule has 2 aromatic heterocycles. The minimum absolute atomic E-state index is 0.0792. The molecule has 0 fully saturated rings. The molecule has 154 valence electrons. The van der Waals surface area contributed by atoms with Crippen LogP contribution in [0.15, 0.2) is 76.3 Å². The second kappa shape index (κ2) is 9.09. The van der Waals surface area contributed by atoms with Crippen molar-refractivity contribution < 1.29 is 13.2 Å². The SMILES string of the molecule is O=C(NCCc1csc2ccccc12)c1cccc(S(=O)(=O)NCc2cccs2)c1. The zero-order valence-electron chi connectivity index (χ0n) is 16.0. The first-order valence-electron chi connectivity index (χ1n) is 9.38. The summed E-state index contributed by atoms with van der Waals surface area (Å²) in [7, 11) is -3.69. The van der Waals surface area contributed by atoms with E-state index in [1.807, 2.05) is 29.6 Å². The second-order valence-electron chi connectivity index (χ2n) is 6.69. The van der Waals surface area contributed by atoms with E-state index in [9.17, 15) is 13.2 Å². The number of nitrogens with one attached hydrogen (secondary N) is 2. The topological polar surface area (TPSA) is 75.3 Å². The van der Waals surface area contributed by atoms with Crippen LogP contribution in [0.2, 0.25) is 0 Å². The van der Waals surface area contributed by atoms with Crippen LogP contribution in [0.5, 0.6) is 0 Å². The molecule has 8 heteroatoms. The highest BCUT2D eigenvalue weighted by Gasteiger charge is 2.16. The van der Waals surface area contributed by atoms with E-state index in [4.69, 9.17) is 0 Å². The van der Waals surface area contributed by atoms with Gasteiger partial charge in [-0.3, -0.25) is 4.79 Å². The number of thiophene rings is 2. The van der Waals surface area contributed by atoms with Gasteiger partial charge in [-0.25, -0.2) is 13.1 Å². The van der Waals surface area contributed by atoms with Crippen molar-refractivity contribution >= 4 is 48.7 Å². The Morgan fingerprint density at radius 1 is 0.967 bits per heavy atom. The summed E-state index contributed by atoms with van der Waals surface area (Å²) in [5.74, 6) is -0.287. The summed E-state index contributed by atoms with van der Waals surface area (Å²) >= 11 is 3.18. The predicted octanol–water partition coefficient (Wildman–Crippen LogP) is 4.41. The Morgan fingerprint density at radius 3 is 2.67 bits per heavy atom. The quantitative estimate of drug-likeness (QED) is 0.412. The Morgan fingerprint density at radius 2 is 1.83 bits per heavy atom. The van der Waals surface area contributed by atoms with Gasteiger partial charge in [-0.05, 0) is 58.5 Å². The third kappa shape index (κ3) is 4.79. The van der Waals surface area contributed by atoms with Gasteiger partial charge in [0.2, 0.25) is 10.0 Å². The molecule has 30 heavy (non-hydrogen) atoms. The van der Waals surface area contributed by atoms with Crippen LogP contribution in [0.25, 0.3) is 10.1 Å². The van der Waals surface area contributed by atoms with E-state index < -0.39 is 10.0 Å². The van der Waals surface area contributed by atoms with Crippen LogP contribution in [-0.2, 0) is 23.0 Å². The van der Waals surface area contributed by atoms with Crippen LogP contribution in [0.3, 0.4) is 0 Å². The molecule has 0 bridgehead atoms. The number of carbonyl (C=O) groups excluding carboxylic acids is 1. The maximum absolute atomic E-state index is 12.6. The van der Waals surface area contributed by atoms with Gasteiger partial charge in [0, 0.05) is 28.2 Å². The van der Waals surface area contributed by atoms with Gasteiger partial charge in [-0.15, -0.1) is 22.7 Å². The van der Waals surface area contributed by atoms with Crippen LogP contribution < -0.4 is 10.0 Å². The second-order valence-corrected chi connectivity index (χ2v) is 10.4. The minimum Gasteiger partial charge on any atom is -0.352 e. The van der Waals surface area contributed by atoms with Crippen LogP contribution in [0.4, 0.5) is 0 Å². The Labute approximate surface area is 183 Å². The molecule has 0 radical (unpaired) electrons. The van der Waals surface area contributed by atoms with Gasteiger partial charge < -0.3 is 5.32 Å². The standard InChI is InChI=1S/C22H20N2O3S3/c25-22(23-11-10-17-15-29-21-9-2-1-8-20(17)21)16-5-3-7-19(13-16)30(26,27)24-14-18-6-4-12-28-18/h1-9,12-13,15,24H,10-11,14H2,(H,23,25). The number of rotatable bonds is 8. The fourth-order valence-electron chi connectivity index (χ4n) is 3.11. The number of carbonyl (C=O) groups is 1. The Hall–Kier alpha value is -2.52. The van der Waals surface area contributed by atoms with Crippen LogP contribution in [0.1, 0.15) is 20.8 Å². The molecular formula is C22H20N2O3S3. The number of benzene rings is 2. The van der Waals surface area contributed by atoms with Crippen LogP contribution in [0, 0.1) is 0 Å². The normalized spacial score (nSPS) is 11.6. The molecule has 0 saturated heterocycles. The zero-order valence-corrected chi connectivity index (χ0v) is 18.4.